The summed E-state index contributed by atoms with van der Waals surface area (Å²) in [6, 6.07) is 3.59. The number of hydrogen-bond acceptors (Lipinski definition) is 4. The Labute approximate surface area is 155 Å². The summed E-state index contributed by atoms with van der Waals surface area (Å²) in [6.45, 7) is 4.62. The first-order valence-electron chi connectivity index (χ1n) is 8.78. The lowest BCUT2D eigenvalue weighted by Crippen LogP contribution is -2.51. The lowest BCUT2D eigenvalue weighted by Gasteiger charge is -2.51. The molecule has 1 aliphatic carbocycles. The number of halogens is 3. The van der Waals surface area contributed by atoms with Gasteiger partial charge in [-0.25, -0.2) is 4.79 Å². The molecule has 2 heterocycles. The van der Waals surface area contributed by atoms with E-state index in [-0.39, 0.29) is 5.91 Å². The number of ether oxygens (including phenoxy) is 1. The normalized spacial score (nSPS) is 19.0. The molecule has 27 heavy (non-hydrogen) atoms. The van der Waals surface area contributed by atoms with Gasteiger partial charge in [0.15, 0.2) is 0 Å². The summed E-state index contributed by atoms with van der Waals surface area (Å²) in [6.07, 6.45) is 3.33. The Morgan fingerprint density at radius 2 is 1.78 bits per heavy atom. The average molecular weight is 388 g/mol. The maximum Gasteiger partial charge on any atom is 0.490 e. The molecule has 1 N–H and O–H groups in total. The minimum atomic E-state index is -5.08. The molecule has 1 amide bonds. The SMILES string of the molecule is CCOC1CC2(CCN(C(=O)c3ccncc3)CC2)C1.O=C(O)C(F)(F)F. The van der Waals surface area contributed by atoms with Crippen LogP contribution in [0.5, 0.6) is 0 Å². The number of nitrogens with zero attached hydrogens (tertiary/aromatic N) is 2. The van der Waals surface area contributed by atoms with Crippen molar-refractivity contribution in [1.82, 2.24) is 9.88 Å². The molecule has 0 aromatic carbocycles. The molecule has 1 aromatic rings. The third-order valence-corrected chi connectivity index (χ3v) is 5.00. The molecule has 2 fully saturated rings. The van der Waals surface area contributed by atoms with E-state index in [9.17, 15) is 18.0 Å². The van der Waals surface area contributed by atoms with Crippen LogP contribution in [0.3, 0.4) is 0 Å². The van der Waals surface area contributed by atoms with Crippen LogP contribution >= 0.6 is 0 Å². The molecule has 6 nitrogen and oxygen atoms in total. The van der Waals surface area contributed by atoms with Gasteiger partial charge in [-0.05, 0) is 50.2 Å². The molecule has 0 unspecified atom stereocenters. The Bertz CT molecular complexity index is 636. The first kappa shape index (κ1) is 21.1. The van der Waals surface area contributed by atoms with Crippen molar-refractivity contribution in [2.45, 2.75) is 44.9 Å². The largest absolute Gasteiger partial charge is 0.490 e. The number of amides is 1. The highest BCUT2D eigenvalue weighted by Gasteiger charge is 2.46. The maximum absolute atomic E-state index is 12.4. The van der Waals surface area contributed by atoms with Crippen LogP contribution in [0, 0.1) is 5.41 Å². The number of carbonyl (C=O) groups excluding carboxylic acids is 1. The number of piperidine rings is 1. The van der Waals surface area contributed by atoms with E-state index in [4.69, 9.17) is 14.6 Å². The lowest BCUT2D eigenvalue weighted by atomic mass is 9.61. The van der Waals surface area contributed by atoms with Gasteiger partial charge in [0.1, 0.15) is 0 Å². The van der Waals surface area contributed by atoms with E-state index in [1.54, 1.807) is 24.5 Å². The standard InChI is InChI=1S/C16H22N2O2.C2HF3O2/c1-2-20-14-11-16(12-14)5-9-18(10-6-16)15(19)13-3-7-17-8-4-13;3-2(4,5)1(6)7/h3-4,7-8,14H,2,5-6,9-12H2,1H3;(H,6,7). The Balaban J connectivity index is 0.000000321. The summed E-state index contributed by atoms with van der Waals surface area (Å²) in [5.74, 6) is -2.62. The molecule has 1 aliphatic heterocycles. The summed E-state index contributed by atoms with van der Waals surface area (Å²) < 4.78 is 37.4. The summed E-state index contributed by atoms with van der Waals surface area (Å²) in [4.78, 5) is 27.2. The highest BCUT2D eigenvalue weighted by molar-refractivity contribution is 5.94. The molecule has 1 aromatic heterocycles. The van der Waals surface area contributed by atoms with Crippen molar-refractivity contribution < 1.29 is 32.6 Å². The van der Waals surface area contributed by atoms with E-state index in [1.807, 2.05) is 4.90 Å². The minimum Gasteiger partial charge on any atom is -0.475 e. The molecule has 0 bridgehead atoms. The summed E-state index contributed by atoms with van der Waals surface area (Å²) in [5, 5.41) is 7.12. The van der Waals surface area contributed by atoms with Crippen LogP contribution in [0.1, 0.15) is 43.0 Å². The van der Waals surface area contributed by atoms with E-state index in [1.165, 1.54) is 12.8 Å². The number of rotatable bonds is 3. The van der Waals surface area contributed by atoms with Gasteiger partial charge in [-0.3, -0.25) is 9.78 Å². The number of aromatic nitrogens is 1. The monoisotopic (exact) mass is 388 g/mol. The van der Waals surface area contributed by atoms with Crippen molar-refractivity contribution in [2.24, 2.45) is 5.41 Å². The Morgan fingerprint density at radius 1 is 1.26 bits per heavy atom. The fraction of sp³-hybridized carbons (Fsp3) is 0.611. The number of aliphatic carboxylic acids is 1. The molecule has 3 rings (SSSR count). The summed E-state index contributed by atoms with van der Waals surface area (Å²) in [7, 11) is 0. The van der Waals surface area contributed by atoms with Crippen LogP contribution in [-0.4, -0.2) is 58.8 Å². The van der Waals surface area contributed by atoms with Crippen molar-refractivity contribution in [2.75, 3.05) is 19.7 Å². The highest BCUT2D eigenvalue weighted by Crippen LogP contribution is 2.50. The molecular formula is C18H23F3N2O4. The topological polar surface area (TPSA) is 79.7 Å². The number of pyridine rings is 1. The molecule has 9 heteroatoms. The maximum atomic E-state index is 12.4. The molecule has 1 saturated carbocycles. The van der Waals surface area contributed by atoms with E-state index < -0.39 is 12.1 Å². The van der Waals surface area contributed by atoms with Crippen LogP contribution < -0.4 is 0 Å². The zero-order chi connectivity index (χ0) is 20.1. The number of alkyl halides is 3. The number of carbonyl (C=O) groups is 2. The van der Waals surface area contributed by atoms with E-state index in [0.717, 1.165) is 38.1 Å². The Morgan fingerprint density at radius 3 is 2.22 bits per heavy atom. The fourth-order valence-corrected chi connectivity index (χ4v) is 3.53. The number of carboxylic acid groups (broad SMARTS) is 1. The number of likely N-dealkylation sites (tertiary alicyclic amines) is 1. The molecule has 0 atom stereocenters. The highest BCUT2D eigenvalue weighted by atomic mass is 19.4. The smallest absolute Gasteiger partial charge is 0.475 e. The average Bonchev–Trinajstić information content (AvgIpc) is 2.61. The number of hydrogen-bond donors (Lipinski definition) is 1. The second-order valence-electron chi connectivity index (χ2n) is 6.82. The predicted molar refractivity (Wildman–Crippen MR) is 90.1 cm³/mol. The minimum absolute atomic E-state index is 0.142. The van der Waals surface area contributed by atoms with Crippen LogP contribution in [0.2, 0.25) is 0 Å². The van der Waals surface area contributed by atoms with Crippen LogP contribution in [0.15, 0.2) is 24.5 Å². The van der Waals surface area contributed by atoms with Gasteiger partial charge in [-0.1, -0.05) is 0 Å². The van der Waals surface area contributed by atoms with Crippen LogP contribution in [0.25, 0.3) is 0 Å². The predicted octanol–water partition coefficient (Wildman–Crippen LogP) is 3.14. The van der Waals surface area contributed by atoms with Gasteiger partial charge in [-0.2, -0.15) is 13.2 Å². The van der Waals surface area contributed by atoms with Crippen molar-refractivity contribution in [1.29, 1.82) is 0 Å². The first-order valence-corrected chi connectivity index (χ1v) is 8.78. The van der Waals surface area contributed by atoms with Gasteiger partial charge in [0.25, 0.3) is 5.91 Å². The Kier molecular flexibility index (Phi) is 6.80. The van der Waals surface area contributed by atoms with Gasteiger partial charge in [0, 0.05) is 37.7 Å². The van der Waals surface area contributed by atoms with Gasteiger partial charge in [-0.15, -0.1) is 0 Å². The van der Waals surface area contributed by atoms with E-state index in [0.29, 0.717) is 11.5 Å². The molecular weight excluding hydrogens is 365 g/mol. The van der Waals surface area contributed by atoms with Gasteiger partial charge >= 0.3 is 12.1 Å². The van der Waals surface area contributed by atoms with Crippen molar-refractivity contribution in [3.05, 3.63) is 30.1 Å². The zero-order valence-corrected chi connectivity index (χ0v) is 15.0. The molecule has 0 radical (unpaired) electrons. The lowest BCUT2D eigenvalue weighted by molar-refractivity contribution is -0.192. The second-order valence-corrected chi connectivity index (χ2v) is 6.82. The Hall–Kier alpha value is -2.16. The zero-order valence-electron chi connectivity index (χ0n) is 15.0. The molecule has 150 valence electrons. The van der Waals surface area contributed by atoms with Crippen LogP contribution in [-0.2, 0) is 9.53 Å². The third-order valence-electron chi connectivity index (χ3n) is 5.00. The van der Waals surface area contributed by atoms with E-state index in [2.05, 4.69) is 11.9 Å². The van der Waals surface area contributed by atoms with Gasteiger partial charge < -0.3 is 14.7 Å². The van der Waals surface area contributed by atoms with Crippen molar-refractivity contribution in [3.8, 4) is 0 Å². The quantitative estimate of drug-likeness (QED) is 0.861. The summed E-state index contributed by atoms with van der Waals surface area (Å²) >= 11 is 0. The second kappa shape index (κ2) is 8.69. The van der Waals surface area contributed by atoms with Crippen molar-refractivity contribution in [3.63, 3.8) is 0 Å². The fourth-order valence-electron chi connectivity index (χ4n) is 3.53. The van der Waals surface area contributed by atoms with Crippen LogP contribution in [0.4, 0.5) is 13.2 Å². The third kappa shape index (κ3) is 5.66. The molecule has 1 spiro atoms. The van der Waals surface area contributed by atoms with Gasteiger partial charge in [0.2, 0.25) is 0 Å². The van der Waals surface area contributed by atoms with Crippen molar-refractivity contribution >= 4 is 11.9 Å². The summed E-state index contributed by atoms with van der Waals surface area (Å²) in [5.41, 5.74) is 1.20. The van der Waals surface area contributed by atoms with Gasteiger partial charge in [0.05, 0.1) is 6.10 Å². The molecule has 1 saturated heterocycles. The molecule has 2 aliphatic rings. The first-order chi connectivity index (χ1) is 12.7. The van der Waals surface area contributed by atoms with E-state index >= 15 is 0 Å². The number of carboxylic acids is 1.